The number of methoxy groups -OCH3 is 2. The van der Waals surface area contributed by atoms with Crippen molar-refractivity contribution in [2.24, 2.45) is 0 Å². The first kappa shape index (κ1) is 26.1. The van der Waals surface area contributed by atoms with Gasteiger partial charge >= 0.3 is 11.9 Å². The lowest BCUT2D eigenvalue weighted by Crippen LogP contribution is -2.39. The number of carbonyl (C=O) groups excluding carboxylic acids is 2. The molecule has 37 heavy (non-hydrogen) atoms. The Bertz CT molecular complexity index is 1270. The number of esters is 2. The Morgan fingerprint density at radius 2 is 0.973 bits per heavy atom. The molecule has 5 nitrogen and oxygen atoms in total. The van der Waals surface area contributed by atoms with E-state index in [1.807, 2.05) is 36.4 Å². The lowest BCUT2D eigenvalue weighted by Gasteiger charge is -2.25. The summed E-state index contributed by atoms with van der Waals surface area (Å²) in [6, 6.07) is 19.2. The highest BCUT2D eigenvalue weighted by Gasteiger charge is 2.41. The SMILES string of the molecule is COC(=O)c1ccc(C=Cc2cc3c(cc2C=Cc2ccc(C(=O)OC)cc2)C(C)(C)NC3(C)C)cc1. The number of hydrogen-bond acceptors (Lipinski definition) is 5. The molecule has 0 amide bonds. The predicted molar refractivity (Wildman–Crippen MR) is 149 cm³/mol. The van der Waals surface area contributed by atoms with Gasteiger partial charge in [-0.05, 0) is 97.5 Å². The zero-order valence-corrected chi connectivity index (χ0v) is 22.2. The van der Waals surface area contributed by atoms with Crippen LogP contribution in [0.5, 0.6) is 0 Å². The Balaban J connectivity index is 1.72. The smallest absolute Gasteiger partial charge is 0.337 e. The molecule has 0 bridgehead atoms. The van der Waals surface area contributed by atoms with Gasteiger partial charge in [-0.25, -0.2) is 9.59 Å². The molecule has 3 aromatic carbocycles. The fourth-order valence-electron chi connectivity index (χ4n) is 4.94. The Morgan fingerprint density at radius 3 is 1.30 bits per heavy atom. The van der Waals surface area contributed by atoms with Gasteiger partial charge < -0.3 is 9.47 Å². The summed E-state index contributed by atoms with van der Waals surface area (Å²) in [5, 5.41) is 3.75. The van der Waals surface area contributed by atoms with Crippen LogP contribution in [0, 0.1) is 0 Å². The van der Waals surface area contributed by atoms with Crippen LogP contribution in [0.15, 0.2) is 60.7 Å². The van der Waals surface area contributed by atoms with Gasteiger partial charge in [-0.2, -0.15) is 0 Å². The summed E-state index contributed by atoms with van der Waals surface area (Å²) in [5.41, 5.74) is 7.43. The molecule has 1 N–H and O–H groups in total. The van der Waals surface area contributed by atoms with Crippen molar-refractivity contribution < 1.29 is 19.1 Å². The van der Waals surface area contributed by atoms with Gasteiger partial charge in [0.05, 0.1) is 25.3 Å². The molecule has 0 aliphatic carbocycles. The van der Waals surface area contributed by atoms with E-state index >= 15 is 0 Å². The highest BCUT2D eigenvalue weighted by Crippen LogP contribution is 2.42. The van der Waals surface area contributed by atoms with Gasteiger partial charge in [0.1, 0.15) is 0 Å². The highest BCUT2D eigenvalue weighted by atomic mass is 16.5. The van der Waals surface area contributed by atoms with Gasteiger partial charge in [0.15, 0.2) is 0 Å². The van der Waals surface area contributed by atoms with Crippen LogP contribution < -0.4 is 5.32 Å². The van der Waals surface area contributed by atoms with Crippen LogP contribution >= 0.6 is 0 Å². The molecule has 4 rings (SSSR count). The third-order valence-electron chi connectivity index (χ3n) is 6.77. The van der Waals surface area contributed by atoms with E-state index in [1.165, 1.54) is 25.3 Å². The molecule has 1 heterocycles. The van der Waals surface area contributed by atoms with Gasteiger partial charge in [-0.3, -0.25) is 5.32 Å². The molecule has 0 saturated heterocycles. The Hall–Kier alpha value is -3.96. The summed E-state index contributed by atoms with van der Waals surface area (Å²) in [6.07, 6.45) is 8.31. The zero-order chi connectivity index (χ0) is 26.8. The summed E-state index contributed by atoms with van der Waals surface area (Å²) in [6.45, 7) is 8.83. The van der Waals surface area contributed by atoms with Crippen LogP contribution in [0.25, 0.3) is 24.3 Å². The maximum atomic E-state index is 11.8. The third kappa shape index (κ3) is 5.57. The fraction of sp³-hybridized carbons (Fsp3) is 0.250. The van der Waals surface area contributed by atoms with Gasteiger partial charge in [-0.15, -0.1) is 0 Å². The number of nitrogens with one attached hydrogen (secondary N) is 1. The van der Waals surface area contributed by atoms with Crippen molar-refractivity contribution in [2.45, 2.75) is 38.8 Å². The molecule has 1 aliphatic rings. The molecule has 1 aliphatic heterocycles. The second-order valence-corrected chi connectivity index (χ2v) is 10.3. The molecular formula is C32H33NO4. The molecule has 190 valence electrons. The largest absolute Gasteiger partial charge is 0.465 e. The van der Waals surface area contributed by atoms with Gasteiger partial charge in [0, 0.05) is 11.1 Å². The molecule has 0 unspecified atom stereocenters. The molecule has 0 spiro atoms. The van der Waals surface area contributed by atoms with Crippen LogP contribution in [-0.2, 0) is 20.6 Å². The Kier molecular flexibility index (Phi) is 7.19. The third-order valence-corrected chi connectivity index (χ3v) is 6.77. The molecule has 0 aromatic heterocycles. The van der Waals surface area contributed by atoms with E-state index in [0.717, 1.165) is 22.3 Å². The number of benzene rings is 3. The van der Waals surface area contributed by atoms with Gasteiger partial charge in [0.2, 0.25) is 0 Å². The standard InChI is InChI=1S/C32H33NO4/c1-31(2)27-19-25(17-11-21-7-13-23(14-8-21)29(34)36-5)26(20-28(27)32(3,4)33-31)18-12-22-9-15-24(16-10-22)30(35)37-6/h7-20,33H,1-6H3. The van der Waals surface area contributed by atoms with E-state index in [9.17, 15) is 9.59 Å². The number of hydrogen-bond donors (Lipinski definition) is 1. The van der Waals surface area contributed by atoms with Crippen LogP contribution in [0.1, 0.15) is 81.8 Å². The van der Waals surface area contributed by atoms with E-state index in [2.05, 4.69) is 57.3 Å². The summed E-state index contributed by atoms with van der Waals surface area (Å²) in [5.74, 6) is -0.697. The summed E-state index contributed by atoms with van der Waals surface area (Å²) in [7, 11) is 2.76. The normalized spacial score (nSPS) is 15.6. The first-order chi connectivity index (χ1) is 17.5. The Morgan fingerprint density at radius 1 is 0.622 bits per heavy atom. The van der Waals surface area contributed by atoms with Crippen molar-refractivity contribution in [2.75, 3.05) is 14.2 Å². The van der Waals surface area contributed by atoms with E-state index in [1.54, 1.807) is 24.3 Å². The molecule has 0 saturated carbocycles. The van der Waals surface area contributed by atoms with Crippen LogP contribution in [0.4, 0.5) is 0 Å². The lowest BCUT2D eigenvalue weighted by molar-refractivity contribution is 0.0592. The second-order valence-electron chi connectivity index (χ2n) is 10.3. The zero-order valence-electron chi connectivity index (χ0n) is 22.2. The summed E-state index contributed by atoms with van der Waals surface area (Å²) >= 11 is 0. The van der Waals surface area contributed by atoms with Gasteiger partial charge in [-0.1, -0.05) is 48.6 Å². The number of ether oxygens (including phenoxy) is 2. The topological polar surface area (TPSA) is 64.6 Å². The quantitative estimate of drug-likeness (QED) is 0.305. The van der Waals surface area contributed by atoms with Crippen molar-refractivity contribution in [3.8, 4) is 0 Å². The minimum absolute atomic E-state index is 0.157. The minimum Gasteiger partial charge on any atom is -0.465 e. The maximum absolute atomic E-state index is 11.8. The van der Waals surface area contributed by atoms with E-state index in [4.69, 9.17) is 9.47 Å². The van der Waals surface area contributed by atoms with E-state index < -0.39 is 0 Å². The molecular weight excluding hydrogens is 462 g/mol. The monoisotopic (exact) mass is 495 g/mol. The first-order valence-electron chi connectivity index (χ1n) is 12.3. The van der Waals surface area contributed by atoms with Crippen LogP contribution in [0.2, 0.25) is 0 Å². The second kappa shape index (κ2) is 10.2. The maximum Gasteiger partial charge on any atom is 0.337 e. The first-order valence-corrected chi connectivity index (χ1v) is 12.3. The van der Waals surface area contributed by atoms with E-state index in [-0.39, 0.29) is 23.0 Å². The highest BCUT2D eigenvalue weighted by molar-refractivity contribution is 5.90. The molecule has 3 aromatic rings. The number of rotatable bonds is 6. The number of fused-ring (bicyclic) bond motifs is 1. The van der Waals surface area contributed by atoms with Crippen molar-refractivity contribution in [1.29, 1.82) is 0 Å². The minimum atomic E-state index is -0.349. The molecule has 0 radical (unpaired) electrons. The number of carbonyl (C=O) groups is 2. The van der Waals surface area contributed by atoms with Crippen LogP contribution in [-0.4, -0.2) is 26.2 Å². The molecule has 0 fully saturated rings. The van der Waals surface area contributed by atoms with Crippen molar-refractivity contribution in [3.05, 3.63) is 105 Å². The van der Waals surface area contributed by atoms with Crippen molar-refractivity contribution in [1.82, 2.24) is 5.32 Å². The van der Waals surface area contributed by atoms with Crippen LogP contribution in [0.3, 0.4) is 0 Å². The predicted octanol–water partition coefficient (Wildman–Crippen LogP) is 6.67. The molecule has 0 atom stereocenters. The molecule has 5 heteroatoms. The average molecular weight is 496 g/mol. The fourth-order valence-corrected chi connectivity index (χ4v) is 4.94. The van der Waals surface area contributed by atoms with Crippen molar-refractivity contribution in [3.63, 3.8) is 0 Å². The average Bonchev–Trinajstić information content (AvgIpc) is 3.07. The summed E-state index contributed by atoms with van der Waals surface area (Å²) < 4.78 is 9.59. The lowest BCUT2D eigenvalue weighted by atomic mass is 9.86. The summed E-state index contributed by atoms with van der Waals surface area (Å²) in [4.78, 5) is 23.5. The van der Waals surface area contributed by atoms with E-state index in [0.29, 0.717) is 11.1 Å². The Labute approximate surface area is 218 Å². The van der Waals surface area contributed by atoms with Gasteiger partial charge in [0.25, 0.3) is 0 Å². The van der Waals surface area contributed by atoms with Crippen molar-refractivity contribution >= 4 is 36.2 Å².